The number of amides is 1. The highest BCUT2D eigenvalue weighted by Gasteiger charge is 2.20. The van der Waals surface area contributed by atoms with E-state index in [2.05, 4.69) is 43.5 Å². The molecule has 0 fully saturated rings. The van der Waals surface area contributed by atoms with Gasteiger partial charge in [0.05, 0.1) is 25.4 Å². The summed E-state index contributed by atoms with van der Waals surface area (Å²) in [6.07, 6.45) is 89.6. The fourth-order valence-electron chi connectivity index (χ4n) is 11.8. The topological polar surface area (TPSA) is 95.9 Å². The van der Waals surface area contributed by atoms with Crippen LogP contribution < -0.4 is 5.32 Å². The average molecular weight is 1140 g/mol. The molecular formula is C75H145NO5. The molecule has 81 heavy (non-hydrogen) atoms. The molecule has 0 aromatic carbocycles. The Bertz CT molecular complexity index is 1270. The number of esters is 1. The van der Waals surface area contributed by atoms with Gasteiger partial charge in [0.1, 0.15) is 0 Å². The molecule has 0 aromatic heterocycles. The Morgan fingerprint density at radius 2 is 0.580 bits per heavy atom. The summed E-state index contributed by atoms with van der Waals surface area (Å²) in [5.74, 6) is -0.0128. The first-order valence-corrected chi connectivity index (χ1v) is 37.1. The molecule has 0 aliphatic carbocycles. The van der Waals surface area contributed by atoms with Crippen molar-refractivity contribution in [2.75, 3.05) is 13.2 Å². The van der Waals surface area contributed by atoms with Gasteiger partial charge in [0.15, 0.2) is 0 Å². The standard InChI is InChI=1S/C75H145NO5/c1-3-5-7-9-11-13-15-17-19-20-33-37-41-45-49-53-57-61-65-69-75(80)81-70-66-62-58-54-50-46-42-38-35-32-30-28-26-24-22-21-23-25-27-29-31-34-36-40-44-48-52-56-60-64-68-74(79)76-72(71-77)73(78)67-63-59-55-51-47-43-39-18-16-14-12-10-8-6-4-2/h17,19,22,24,72-73,77-78H,3-16,18,20-21,23,25-71H2,1-2H3,(H,76,79)/b19-17-,24-22-. The number of hydrogen-bond acceptors (Lipinski definition) is 5. The van der Waals surface area contributed by atoms with Gasteiger partial charge in [-0.2, -0.15) is 0 Å². The Balaban J connectivity index is 3.34. The average Bonchev–Trinajstić information content (AvgIpc) is 3.47. The van der Waals surface area contributed by atoms with E-state index in [0.717, 1.165) is 38.5 Å². The Hall–Kier alpha value is -1.66. The molecule has 2 atom stereocenters. The normalized spacial score (nSPS) is 12.6. The maximum Gasteiger partial charge on any atom is 0.305 e. The summed E-state index contributed by atoms with van der Waals surface area (Å²) in [6.45, 7) is 4.99. The van der Waals surface area contributed by atoms with Crippen LogP contribution in [0.2, 0.25) is 0 Å². The van der Waals surface area contributed by atoms with Gasteiger partial charge in [-0.05, 0) is 77.0 Å². The van der Waals surface area contributed by atoms with E-state index >= 15 is 0 Å². The highest BCUT2D eigenvalue weighted by atomic mass is 16.5. The van der Waals surface area contributed by atoms with Crippen molar-refractivity contribution in [3.8, 4) is 0 Å². The van der Waals surface area contributed by atoms with E-state index in [0.29, 0.717) is 25.9 Å². The number of ether oxygens (including phenoxy) is 1. The van der Waals surface area contributed by atoms with E-state index in [1.54, 1.807) is 0 Å². The van der Waals surface area contributed by atoms with Crippen LogP contribution >= 0.6 is 0 Å². The SMILES string of the molecule is CCCCCCCC/C=C\CCCCCCCCCCCC(=O)OCCCCCCCCCCCCCC/C=C\CCCCCCCCCCCCCCCCC(=O)NC(CO)C(O)CCCCCCCCCCCCCCCCC. The minimum absolute atomic E-state index is 0.0176. The van der Waals surface area contributed by atoms with Crippen LogP contribution in [-0.4, -0.2) is 47.4 Å². The largest absolute Gasteiger partial charge is 0.466 e. The minimum Gasteiger partial charge on any atom is -0.466 e. The predicted octanol–water partition coefficient (Wildman–Crippen LogP) is 24.1. The van der Waals surface area contributed by atoms with Crippen molar-refractivity contribution in [2.45, 2.75) is 431 Å². The van der Waals surface area contributed by atoms with E-state index in [1.165, 1.54) is 347 Å². The molecule has 0 aliphatic rings. The van der Waals surface area contributed by atoms with Crippen LogP contribution in [0.1, 0.15) is 418 Å². The van der Waals surface area contributed by atoms with Gasteiger partial charge in [-0.1, -0.05) is 353 Å². The van der Waals surface area contributed by atoms with Crippen molar-refractivity contribution in [1.29, 1.82) is 0 Å². The third-order valence-corrected chi connectivity index (χ3v) is 17.5. The summed E-state index contributed by atoms with van der Waals surface area (Å²) in [6, 6.07) is -0.540. The molecule has 0 saturated carbocycles. The van der Waals surface area contributed by atoms with Crippen molar-refractivity contribution < 1.29 is 24.5 Å². The van der Waals surface area contributed by atoms with Gasteiger partial charge in [-0.3, -0.25) is 9.59 Å². The zero-order chi connectivity index (χ0) is 58.5. The lowest BCUT2D eigenvalue weighted by Gasteiger charge is -2.22. The Kier molecular flexibility index (Phi) is 69.4. The van der Waals surface area contributed by atoms with E-state index in [1.807, 2.05) is 0 Å². The molecule has 0 heterocycles. The summed E-state index contributed by atoms with van der Waals surface area (Å²) in [4.78, 5) is 24.6. The molecule has 480 valence electrons. The lowest BCUT2D eigenvalue weighted by Crippen LogP contribution is -2.45. The summed E-state index contributed by atoms with van der Waals surface area (Å²) in [7, 11) is 0. The second kappa shape index (κ2) is 70.8. The zero-order valence-electron chi connectivity index (χ0n) is 55.0. The molecule has 0 rings (SSSR count). The predicted molar refractivity (Wildman–Crippen MR) is 356 cm³/mol. The van der Waals surface area contributed by atoms with E-state index in [9.17, 15) is 19.8 Å². The molecule has 0 aromatic rings. The minimum atomic E-state index is -0.663. The summed E-state index contributed by atoms with van der Waals surface area (Å²) in [5.41, 5.74) is 0. The quantitative estimate of drug-likeness (QED) is 0.0320. The molecular weight excluding hydrogens is 995 g/mol. The van der Waals surface area contributed by atoms with E-state index in [-0.39, 0.29) is 18.5 Å². The molecule has 2 unspecified atom stereocenters. The lowest BCUT2D eigenvalue weighted by atomic mass is 10.0. The van der Waals surface area contributed by atoms with Gasteiger partial charge in [-0.25, -0.2) is 0 Å². The van der Waals surface area contributed by atoms with Crippen molar-refractivity contribution in [1.82, 2.24) is 5.32 Å². The van der Waals surface area contributed by atoms with Gasteiger partial charge in [0, 0.05) is 12.8 Å². The Labute approximate surface area is 507 Å². The van der Waals surface area contributed by atoms with E-state index < -0.39 is 12.1 Å². The van der Waals surface area contributed by atoms with Crippen LogP contribution in [0.25, 0.3) is 0 Å². The number of hydrogen-bond donors (Lipinski definition) is 3. The molecule has 1 amide bonds. The molecule has 0 aliphatic heterocycles. The van der Waals surface area contributed by atoms with Crippen LogP contribution in [0, 0.1) is 0 Å². The molecule has 0 radical (unpaired) electrons. The first-order chi connectivity index (χ1) is 40.0. The molecule has 0 saturated heterocycles. The van der Waals surface area contributed by atoms with Gasteiger partial charge in [0.25, 0.3) is 0 Å². The van der Waals surface area contributed by atoms with Gasteiger partial charge in [0.2, 0.25) is 5.91 Å². The Morgan fingerprint density at radius 1 is 0.333 bits per heavy atom. The summed E-state index contributed by atoms with van der Waals surface area (Å²) < 4.78 is 5.51. The number of nitrogens with one attached hydrogen (secondary N) is 1. The maximum atomic E-state index is 12.5. The Morgan fingerprint density at radius 3 is 0.877 bits per heavy atom. The second-order valence-electron chi connectivity index (χ2n) is 25.6. The third-order valence-electron chi connectivity index (χ3n) is 17.5. The van der Waals surface area contributed by atoms with Crippen molar-refractivity contribution in [2.24, 2.45) is 0 Å². The fraction of sp³-hybridized carbons (Fsp3) is 0.920. The summed E-state index contributed by atoms with van der Waals surface area (Å²) in [5, 5.41) is 23.3. The number of allylic oxidation sites excluding steroid dienone is 4. The first kappa shape index (κ1) is 79.3. The molecule has 6 nitrogen and oxygen atoms in total. The van der Waals surface area contributed by atoms with Crippen LogP contribution in [0.5, 0.6) is 0 Å². The third kappa shape index (κ3) is 67.3. The van der Waals surface area contributed by atoms with Crippen molar-refractivity contribution in [3.63, 3.8) is 0 Å². The maximum absolute atomic E-state index is 12.5. The highest BCUT2D eigenvalue weighted by Crippen LogP contribution is 2.19. The number of carbonyl (C=O) groups is 2. The zero-order valence-corrected chi connectivity index (χ0v) is 55.0. The first-order valence-electron chi connectivity index (χ1n) is 37.1. The molecule has 3 N–H and O–H groups in total. The van der Waals surface area contributed by atoms with Gasteiger partial charge >= 0.3 is 5.97 Å². The van der Waals surface area contributed by atoms with E-state index in [4.69, 9.17) is 4.74 Å². The number of aliphatic hydroxyl groups excluding tert-OH is 2. The lowest BCUT2D eigenvalue weighted by molar-refractivity contribution is -0.143. The molecule has 0 spiro atoms. The number of unbranched alkanes of at least 4 members (excludes halogenated alkanes) is 55. The number of rotatable bonds is 70. The number of aliphatic hydroxyl groups is 2. The van der Waals surface area contributed by atoms with Gasteiger partial charge in [-0.15, -0.1) is 0 Å². The second-order valence-corrected chi connectivity index (χ2v) is 25.6. The smallest absolute Gasteiger partial charge is 0.305 e. The highest BCUT2D eigenvalue weighted by molar-refractivity contribution is 5.76. The van der Waals surface area contributed by atoms with Crippen LogP contribution in [0.15, 0.2) is 24.3 Å². The fourth-order valence-corrected chi connectivity index (χ4v) is 11.8. The van der Waals surface area contributed by atoms with Crippen LogP contribution in [-0.2, 0) is 14.3 Å². The van der Waals surface area contributed by atoms with Gasteiger partial charge < -0.3 is 20.3 Å². The van der Waals surface area contributed by atoms with Crippen molar-refractivity contribution >= 4 is 11.9 Å². The van der Waals surface area contributed by atoms with Crippen LogP contribution in [0.4, 0.5) is 0 Å². The molecule has 6 heteroatoms. The van der Waals surface area contributed by atoms with Crippen molar-refractivity contribution in [3.05, 3.63) is 24.3 Å². The monoisotopic (exact) mass is 1140 g/mol. The summed E-state index contributed by atoms with van der Waals surface area (Å²) >= 11 is 0. The number of carbonyl (C=O) groups excluding carboxylic acids is 2. The molecule has 0 bridgehead atoms. The van der Waals surface area contributed by atoms with Crippen LogP contribution in [0.3, 0.4) is 0 Å².